The van der Waals surface area contributed by atoms with Gasteiger partial charge in [-0.2, -0.15) is 0 Å². The first-order valence-electron chi connectivity index (χ1n) is 8.87. The number of benzene rings is 3. The number of carbonyl (C=O) groups is 1. The molecule has 0 N–H and O–H groups in total. The molecule has 3 heteroatoms. The van der Waals surface area contributed by atoms with E-state index in [1.54, 1.807) is 0 Å². The third-order valence-electron chi connectivity index (χ3n) is 5.57. The van der Waals surface area contributed by atoms with Crippen molar-refractivity contribution in [2.75, 3.05) is 38.1 Å². The monoisotopic (exact) mass is 328 g/mol. The Hall–Kier alpha value is -2.65. The molecule has 1 aliphatic heterocycles. The maximum atomic E-state index is 13.0. The maximum absolute atomic E-state index is 13.0. The third-order valence-corrected chi connectivity index (χ3v) is 5.57. The summed E-state index contributed by atoms with van der Waals surface area (Å²) in [5.41, 5.74) is 5.14. The number of fused-ring (bicyclic) bond motifs is 2. The molecule has 25 heavy (non-hydrogen) atoms. The van der Waals surface area contributed by atoms with Crippen LogP contribution in [0, 0.1) is 0 Å². The smallest absolute Gasteiger partial charge is 0.194 e. The van der Waals surface area contributed by atoms with Crippen LogP contribution in [0.1, 0.15) is 15.9 Å². The summed E-state index contributed by atoms with van der Waals surface area (Å²) in [6.45, 7) is 4.20. The molecule has 0 aromatic heterocycles. The van der Waals surface area contributed by atoms with Crippen molar-refractivity contribution in [1.29, 1.82) is 0 Å². The minimum atomic E-state index is 0.143. The molecule has 2 aliphatic rings. The fraction of sp³-hybridized carbons (Fsp3) is 0.227. The van der Waals surface area contributed by atoms with Crippen LogP contribution in [0.4, 0.5) is 5.69 Å². The van der Waals surface area contributed by atoms with E-state index in [1.165, 1.54) is 16.6 Å². The lowest BCUT2D eigenvalue weighted by Gasteiger charge is -2.35. The predicted molar refractivity (Wildman–Crippen MR) is 103 cm³/mol. The SMILES string of the molecule is CN1CCN(c2ccc3c4c(cccc24)C(=O)c2ccccc2-3)CC1. The van der Waals surface area contributed by atoms with Gasteiger partial charge in [0, 0.05) is 53.8 Å². The minimum Gasteiger partial charge on any atom is -0.368 e. The zero-order chi connectivity index (χ0) is 17.0. The average Bonchev–Trinajstić information content (AvgIpc) is 2.66. The first-order chi connectivity index (χ1) is 12.2. The lowest BCUT2D eigenvalue weighted by Crippen LogP contribution is -2.44. The van der Waals surface area contributed by atoms with Crippen LogP contribution in [-0.4, -0.2) is 43.9 Å². The Balaban J connectivity index is 1.76. The van der Waals surface area contributed by atoms with Crippen molar-refractivity contribution in [3.63, 3.8) is 0 Å². The van der Waals surface area contributed by atoms with Crippen LogP contribution in [0.2, 0.25) is 0 Å². The molecule has 3 aromatic carbocycles. The summed E-state index contributed by atoms with van der Waals surface area (Å²) in [5.74, 6) is 0.143. The lowest BCUT2D eigenvalue weighted by atomic mass is 9.82. The molecule has 1 fully saturated rings. The predicted octanol–water partition coefficient (Wildman–Crippen LogP) is 3.80. The number of ketones is 1. The Kier molecular flexibility index (Phi) is 3.19. The summed E-state index contributed by atoms with van der Waals surface area (Å²) in [6.07, 6.45) is 0. The van der Waals surface area contributed by atoms with E-state index in [-0.39, 0.29) is 5.78 Å². The van der Waals surface area contributed by atoms with Gasteiger partial charge in [0.2, 0.25) is 0 Å². The summed E-state index contributed by atoms with van der Waals surface area (Å²) in [5, 5.41) is 2.31. The topological polar surface area (TPSA) is 23.6 Å². The zero-order valence-corrected chi connectivity index (χ0v) is 14.3. The van der Waals surface area contributed by atoms with Gasteiger partial charge in [0.15, 0.2) is 5.78 Å². The summed E-state index contributed by atoms with van der Waals surface area (Å²) >= 11 is 0. The highest BCUT2D eigenvalue weighted by atomic mass is 16.1. The number of hydrogen-bond acceptors (Lipinski definition) is 3. The molecule has 0 spiro atoms. The zero-order valence-electron chi connectivity index (χ0n) is 14.3. The summed E-state index contributed by atoms with van der Waals surface area (Å²) < 4.78 is 0. The normalized spacial score (nSPS) is 17.0. The lowest BCUT2D eigenvalue weighted by molar-refractivity contribution is 0.104. The second-order valence-corrected chi connectivity index (χ2v) is 7.03. The molecule has 0 bridgehead atoms. The van der Waals surface area contributed by atoms with Crippen molar-refractivity contribution >= 4 is 22.2 Å². The van der Waals surface area contributed by atoms with Gasteiger partial charge in [-0.3, -0.25) is 4.79 Å². The highest BCUT2D eigenvalue weighted by Gasteiger charge is 2.26. The number of anilines is 1. The van der Waals surface area contributed by atoms with Gasteiger partial charge in [-0.05, 0) is 24.2 Å². The Morgan fingerprint density at radius 2 is 1.44 bits per heavy atom. The van der Waals surface area contributed by atoms with E-state index in [2.05, 4.69) is 41.1 Å². The second kappa shape index (κ2) is 5.43. The number of nitrogens with zero attached hydrogens (tertiary/aromatic N) is 2. The van der Waals surface area contributed by atoms with E-state index in [4.69, 9.17) is 0 Å². The van der Waals surface area contributed by atoms with Gasteiger partial charge in [0.1, 0.15) is 0 Å². The van der Waals surface area contributed by atoms with Crippen molar-refractivity contribution < 1.29 is 4.79 Å². The number of carbonyl (C=O) groups excluding carboxylic acids is 1. The van der Waals surface area contributed by atoms with E-state index in [1.807, 2.05) is 30.3 Å². The van der Waals surface area contributed by atoms with Gasteiger partial charge in [0.25, 0.3) is 0 Å². The van der Waals surface area contributed by atoms with Crippen molar-refractivity contribution in [3.8, 4) is 11.1 Å². The standard InChI is InChI=1S/C22H20N2O/c1-23-11-13-24(14-12-23)20-10-9-16-15-5-2-3-6-17(15)22(25)19-8-4-7-18(20)21(16)19/h2-10H,11-14H2,1H3. The van der Waals surface area contributed by atoms with Gasteiger partial charge in [-0.1, -0.05) is 48.5 Å². The maximum Gasteiger partial charge on any atom is 0.194 e. The van der Waals surface area contributed by atoms with E-state index in [9.17, 15) is 4.79 Å². The number of rotatable bonds is 1. The number of hydrogen-bond donors (Lipinski definition) is 0. The highest BCUT2D eigenvalue weighted by molar-refractivity contribution is 6.27. The van der Waals surface area contributed by atoms with Crippen LogP contribution < -0.4 is 4.90 Å². The van der Waals surface area contributed by atoms with E-state index in [0.29, 0.717) is 0 Å². The third kappa shape index (κ3) is 2.12. The molecule has 0 atom stereocenters. The van der Waals surface area contributed by atoms with Crippen LogP contribution in [-0.2, 0) is 0 Å². The Morgan fingerprint density at radius 3 is 2.24 bits per heavy atom. The van der Waals surface area contributed by atoms with Crippen molar-refractivity contribution in [2.45, 2.75) is 0 Å². The van der Waals surface area contributed by atoms with Gasteiger partial charge >= 0.3 is 0 Å². The van der Waals surface area contributed by atoms with Crippen LogP contribution >= 0.6 is 0 Å². The van der Waals surface area contributed by atoms with Gasteiger partial charge < -0.3 is 9.80 Å². The first-order valence-corrected chi connectivity index (χ1v) is 8.87. The molecule has 0 saturated carbocycles. The summed E-state index contributed by atoms with van der Waals surface area (Å²) in [6, 6.07) is 18.5. The van der Waals surface area contributed by atoms with E-state index in [0.717, 1.165) is 48.3 Å². The molecule has 0 radical (unpaired) electrons. The van der Waals surface area contributed by atoms with Gasteiger partial charge in [-0.25, -0.2) is 0 Å². The van der Waals surface area contributed by atoms with E-state index >= 15 is 0 Å². The Labute approximate surface area is 147 Å². The minimum absolute atomic E-state index is 0.143. The highest BCUT2D eigenvalue weighted by Crippen LogP contribution is 2.42. The molecule has 0 amide bonds. The number of piperazine rings is 1. The van der Waals surface area contributed by atoms with Crippen LogP contribution in [0.25, 0.3) is 21.9 Å². The van der Waals surface area contributed by atoms with Crippen LogP contribution in [0.3, 0.4) is 0 Å². The van der Waals surface area contributed by atoms with Crippen molar-refractivity contribution in [2.24, 2.45) is 0 Å². The first kappa shape index (κ1) is 14.7. The van der Waals surface area contributed by atoms with E-state index < -0.39 is 0 Å². The van der Waals surface area contributed by atoms with Crippen molar-refractivity contribution in [3.05, 3.63) is 65.7 Å². The molecule has 1 heterocycles. The average molecular weight is 328 g/mol. The molecule has 3 nitrogen and oxygen atoms in total. The molecule has 5 rings (SSSR count). The Morgan fingerprint density at radius 1 is 0.720 bits per heavy atom. The van der Waals surface area contributed by atoms with Gasteiger partial charge in [0.05, 0.1) is 0 Å². The second-order valence-electron chi connectivity index (χ2n) is 7.03. The molecular formula is C22H20N2O. The molecule has 3 aromatic rings. The summed E-state index contributed by atoms with van der Waals surface area (Å²) in [4.78, 5) is 17.8. The quantitative estimate of drug-likeness (QED) is 0.531. The summed E-state index contributed by atoms with van der Waals surface area (Å²) in [7, 11) is 2.17. The molecule has 0 unspecified atom stereocenters. The van der Waals surface area contributed by atoms with Gasteiger partial charge in [-0.15, -0.1) is 0 Å². The molecule has 1 saturated heterocycles. The van der Waals surface area contributed by atoms with Crippen molar-refractivity contribution in [1.82, 2.24) is 4.90 Å². The fourth-order valence-corrected chi connectivity index (χ4v) is 4.19. The van der Waals surface area contributed by atoms with Crippen LogP contribution in [0.5, 0.6) is 0 Å². The number of likely N-dealkylation sites (N-methyl/N-ethyl adjacent to an activating group) is 1. The molecular weight excluding hydrogens is 308 g/mol. The fourth-order valence-electron chi connectivity index (χ4n) is 4.19. The Bertz CT molecular complexity index is 1000. The molecule has 1 aliphatic carbocycles. The molecule has 124 valence electrons. The van der Waals surface area contributed by atoms with Crippen LogP contribution in [0.15, 0.2) is 54.6 Å². The largest absolute Gasteiger partial charge is 0.368 e.